The van der Waals surface area contributed by atoms with Gasteiger partial charge in [0.25, 0.3) is 5.69 Å². The number of para-hydroxylation sites is 1. The molecule has 7 nitrogen and oxygen atoms in total. The molecule has 0 amide bonds. The van der Waals surface area contributed by atoms with Gasteiger partial charge in [-0.15, -0.1) is 0 Å². The van der Waals surface area contributed by atoms with Crippen molar-refractivity contribution in [1.82, 2.24) is 0 Å². The molecule has 1 aromatic rings. The number of carbonyl (C=O) groups is 1. The Hall–Kier alpha value is -1.99. The van der Waals surface area contributed by atoms with Crippen LogP contribution in [0.5, 0.6) is 0 Å². The zero-order chi connectivity index (χ0) is 13.7. The van der Waals surface area contributed by atoms with Gasteiger partial charge in [0.2, 0.25) is 6.04 Å². The fourth-order valence-electron chi connectivity index (χ4n) is 1.50. The number of benzene rings is 1. The van der Waals surface area contributed by atoms with Crippen molar-refractivity contribution in [3.05, 3.63) is 39.9 Å². The SMILES string of the molecule is CCOC(=O)[C@@H]([NH3+])[C@H](O)c1ccccc1[N+](=O)[O-]. The lowest BCUT2D eigenvalue weighted by Crippen LogP contribution is -2.68. The van der Waals surface area contributed by atoms with E-state index in [2.05, 4.69) is 5.73 Å². The number of nitrogens with zero attached hydrogens (tertiary/aromatic N) is 1. The van der Waals surface area contributed by atoms with Crippen LogP contribution in [0.15, 0.2) is 24.3 Å². The summed E-state index contributed by atoms with van der Waals surface area (Å²) in [6.45, 7) is 1.79. The Morgan fingerprint density at radius 1 is 1.56 bits per heavy atom. The summed E-state index contributed by atoms with van der Waals surface area (Å²) >= 11 is 0. The highest BCUT2D eigenvalue weighted by Crippen LogP contribution is 2.26. The van der Waals surface area contributed by atoms with Gasteiger partial charge in [-0.05, 0) is 13.0 Å². The van der Waals surface area contributed by atoms with Crippen molar-refractivity contribution in [2.45, 2.75) is 19.1 Å². The Morgan fingerprint density at radius 2 is 2.17 bits per heavy atom. The van der Waals surface area contributed by atoms with Gasteiger partial charge in [0.1, 0.15) is 6.10 Å². The third-order valence-electron chi connectivity index (χ3n) is 2.42. The molecule has 0 radical (unpaired) electrons. The molecule has 0 heterocycles. The van der Waals surface area contributed by atoms with Gasteiger partial charge in [-0.2, -0.15) is 0 Å². The first-order valence-electron chi connectivity index (χ1n) is 5.40. The number of aliphatic hydroxyl groups is 1. The third-order valence-corrected chi connectivity index (χ3v) is 2.42. The summed E-state index contributed by atoms with van der Waals surface area (Å²) in [4.78, 5) is 21.6. The molecule has 0 aliphatic carbocycles. The molecule has 0 aliphatic rings. The Morgan fingerprint density at radius 3 is 2.72 bits per heavy atom. The van der Waals surface area contributed by atoms with Crippen molar-refractivity contribution < 1.29 is 25.3 Å². The second-order valence-electron chi connectivity index (χ2n) is 3.62. The molecule has 0 saturated carbocycles. The average Bonchev–Trinajstić information content (AvgIpc) is 2.37. The Labute approximate surface area is 103 Å². The van der Waals surface area contributed by atoms with Gasteiger partial charge >= 0.3 is 5.97 Å². The zero-order valence-electron chi connectivity index (χ0n) is 9.91. The monoisotopic (exact) mass is 255 g/mol. The molecule has 0 saturated heterocycles. The Kier molecular flexibility index (Phi) is 4.75. The largest absolute Gasteiger partial charge is 0.462 e. The molecule has 7 heteroatoms. The average molecular weight is 255 g/mol. The van der Waals surface area contributed by atoms with Crippen LogP contribution in [-0.4, -0.2) is 28.6 Å². The van der Waals surface area contributed by atoms with Crippen molar-refractivity contribution in [2.24, 2.45) is 0 Å². The normalized spacial score (nSPS) is 13.7. The van der Waals surface area contributed by atoms with Crippen molar-refractivity contribution in [3.8, 4) is 0 Å². The maximum Gasteiger partial charge on any atom is 0.367 e. The standard InChI is InChI=1S/C11H14N2O5/c1-2-18-11(15)9(12)10(14)7-5-3-4-6-8(7)13(16)17/h3-6,9-10,14H,2,12H2,1H3/p+1/t9-,10+/m0/s1. The van der Waals surface area contributed by atoms with Crippen molar-refractivity contribution in [1.29, 1.82) is 0 Å². The molecule has 1 aromatic carbocycles. The highest BCUT2D eigenvalue weighted by molar-refractivity contribution is 5.75. The van der Waals surface area contributed by atoms with Gasteiger partial charge < -0.3 is 15.6 Å². The van der Waals surface area contributed by atoms with Crippen molar-refractivity contribution >= 4 is 11.7 Å². The molecule has 0 aromatic heterocycles. The first kappa shape index (κ1) is 14.1. The highest BCUT2D eigenvalue weighted by Gasteiger charge is 2.33. The van der Waals surface area contributed by atoms with Gasteiger partial charge in [0.15, 0.2) is 0 Å². The molecule has 1 rings (SSSR count). The smallest absolute Gasteiger partial charge is 0.367 e. The number of hydrogen-bond donors (Lipinski definition) is 2. The number of rotatable bonds is 5. The van der Waals surface area contributed by atoms with E-state index in [9.17, 15) is 20.0 Å². The van der Waals surface area contributed by atoms with Crippen LogP contribution in [0.25, 0.3) is 0 Å². The lowest BCUT2D eigenvalue weighted by Gasteiger charge is -2.14. The van der Waals surface area contributed by atoms with Crippen LogP contribution in [0.4, 0.5) is 5.69 Å². The fourth-order valence-corrected chi connectivity index (χ4v) is 1.50. The maximum atomic E-state index is 11.4. The van der Waals surface area contributed by atoms with E-state index in [0.29, 0.717) is 0 Å². The number of aliphatic hydroxyl groups excluding tert-OH is 1. The van der Waals surface area contributed by atoms with Gasteiger partial charge in [-0.25, -0.2) is 4.79 Å². The van der Waals surface area contributed by atoms with Gasteiger partial charge in [0.05, 0.1) is 17.1 Å². The van der Waals surface area contributed by atoms with Gasteiger partial charge in [-0.1, -0.05) is 12.1 Å². The summed E-state index contributed by atoms with van der Waals surface area (Å²) in [7, 11) is 0. The van der Waals surface area contributed by atoms with Gasteiger partial charge in [0, 0.05) is 6.07 Å². The summed E-state index contributed by atoms with van der Waals surface area (Å²) in [5.41, 5.74) is 3.29. The quantitative estimate of drug-likeness (QED) is 0.429. The van der Waals surface area contributed by atoms with Crippen LogP contribution in [0, 0.1) is 10.1 Å². The number of esters is 1. The summed E-state index contributed by atoms with van der Waals surface area (Å²) < 4.78 is 4.72. The topological polar surface area (TPSA) is 117 Å². The number of nitro groups is 1. The predicted octanol–water partition coefficient (Wildman–Crippen LogP) is -0.198. The lowest BCUT2D eigenvalue weighted by molar-refractivity contribution is -0.428. The minimum atomic E-state index is -1.37. The number of hydrogen-bond acceptors (Lipinski definition) is 5. The Balaban J connectivity index is 2.99. The molecule has 98 valence electrons. The van der Waals surface area contributed by atoms with E-state index in [0.717, 1.165) is 0 Å². The number of nitro benzene ring substituents is 1. The third kappa shape index (κ3) is 3.02. The minimum absolute atomic E-state index is 0.0514. The van der Waals surface area contributed by atoms with Crippen LogP contribution < -0.4 is 5.73 Å². The second-order valence-corrected chi connectivity index (χ2v) is 3.62. The number of quaternary nitrogens is 1. The molecule has 18 heavy (non-hydrogen) atoms. The molecular formula is C11H15N2O5+. The first-order chi connectivity index (χ1) is 8.49. The molecule has 4 N–H and O–H groups in total. The molecule has 0 unspecified atom stereocenters. The molecule has 2 atom stereocenters. The fraction of sp³-hybridized carbons (Fsp3) is 0.364. The van der Waals surface area contributed by atoms with Crippen LogP contribution in [0.2, 0.25) is 0 Å². The summed E-state index contributed by atoms with van der Waals surface area (Å²) in [5.74, 6) is -0.692. The molecule has 0 spiro atoms. The van der Waals surface area contributed by atoms with E-state index < -0.39 is 23.0 Å². The van der Waals surface area contributed by atoms with Gasteiger partial charge in [-0.3, -0.25) is 10.1 Å². The second kappa shape index (κ2) is 6.08. The predicted molar refractivity (Wildman–Crippen MR) is 61.4 cm³/mol. The van der Waals surface area contributed by atoms with Crippen molar-refractivity contribution in [2.75, 3.05) is 6.61 Å². The molecule has 0 fully saturated rings. The summed E-state index contributed by atoms with van der Waals surface area (Å²) in [5, 5.41) is 20.8. The highest BCUT2D eigenvalue weighted by atomic mass is 16.6. The van der Waals surface area contributed by atoms with Crippen LogP contribution >= 0.6 is 0 Å². The number of ether oxygens (including phenoxy) is 1. The lowest BCUT2D eigenvalue weighted by atomic mass is 10.0. The van der Waals surface area contributed by atoms with E-state index in [1.165, 1.54) is 18.2 Å². The van der Waals surface area contributed by atoms with Crippen LogP contribution in [0.3, 0.4) is 0 Å². The van der Waals surface area contributed by atoms with E-state index in [1.54, 1.807) is 13.0 Å². The van der Waals surface area contributed by atoms with E-state index in [1.807, 2.05) is 0 Å². The Bertz CT molecular complexity index is 449. The summed E-state index contributed by atoms with van der Waals surface area (Å²) in [6.07, 6.45) is -1.37. The van der Waals surface area contributed by atoms with E-state index in [4.69, 9.17) is 4.74 Å². The molecule has 0 bridgehead atoms. The maximum absolute atomic E-state index is 11.4. The van der Waals surface area contributed by atoms with Crippen molar-refractivity contribution in [3.63, 3.8) is 0 Å². The van der Waals surface area contributed by atoms with E-state index >= 15 is 0 Å². The van der Waals surface area contributed by atoms with Crippen LogP contribution in [-0.2, 0) is 9.53 Å². The molecule has 0 aliphatic heterocycles. The summed E-state index contributed by atoms with van der Waals surface area (Å²) in [6, 6.07) is 4.57. The van der Waals surface area contributed by atoms with Crippen LogP contribution in [0.1, 0.15) is 18.6 Å². The molecular weight excluding hydrogens is 240 g/mol. The zero-order valence-corrected chi connectivity index (χ0v) is 9.91. The van der Waals surface area contributed by atoms with E-state index in [-0.39, 0.29) is 17.9 Å². The first-order valence-corrected chi connectivity index (χ1v) is 5.40. The number of carbonyl (C=O) groups excluding carboxylic acids is 1. The minimum Gasteiger partial charge on any atom is -0.462 e.